The van der Waals surface area contributed by atoms with Crippen LogP contribution in [0, 0.1) is 30.0 Å². The summed E-state index contributed by atoms with van der Waals surface area (Å²) in [7, 11) is -2.48. The highest BCUT2D eigenvalue weighted by molar-refractivity contribution is 8.24. The number of benzene rings is 1. The van der Waals surface area contributed by atoms with Crippen molar-refractivity contribution in [1.82, 2.24) is 20.1 Å². The Labute approximate surface area is 240 Å². The van der Waals surface area contributed by atoms with Crippen molar-refractivity contribution in [1.29, 1.82) is 5.26 Å². The van der Waals surface area contributed by atoms with Crippen LogP contribution < -0.4 is 10.2 Å². The number of rotatable bonds is 6. The van der Waals surface area contributed by atoms with Gasteiger partial charge < -0.3 is 10.2 Å². The third kappa shape index (κ3) is 5.56. The first-order chi connectivity index (χ1) is 19.7. The van der Waals surface area contributed by atoms with E-state index in [2.05, 4.69) is 21.3 Å². The number of hydrogen-bond acceptors (Lipinski definition) is 7. The summed E-state index contributed by atoms with van der Waals surface area (Å²) in [5.74, 6) is 0.285. The van der Waals surface area contributed by atoms with E-state index in [1.54, 1.807) is 10.7 Å². The number of aromatic nitrogens is 3. The van der Waals surface area contributed by atoms with Gasteiger partial charge in [0.1, 0.15) is 11.4 Å². The molecule has 1 amide bonds. The van der Waals surface area contributed by atoms with Crippen molar-refractivity contribution in [2.75, 3.05) is 29.5 Å². The highest BCUT2D eigenvalue weighted by Crippen LogP contribution is 2.45. The minimum atomic E-state index is -2.48. The molecule has 2 aromatic heterocycles. The molecule has 3 aliphatic rings. The fourth-order valence-electron chi connectivity index (χ4n) is 6.17. The Morgan fingerprint density at radius 2 is 1.83 bits per heavy atom. The summed E-state index contributed by atoms with van der Waals surface area (Å²) in [6.07, 6.45) is 5.99. The first-order valence-corrected chi connectivity index (χ1v) is 16.1. The molecule has 41 heavy (non-hydrogen) atoms. The van der Waals surface area contributed by atoms with Crippen LogP contribution in [-0.4, -0.2) is 59.9 Å². The molecule has 216 valence electrons. The molecule has 2 saturated carbocycles. The zero-order valence-electron chi connectivity index (χ0n) is 23.1. The van der Waals surface area contributed by atoms with Gasteiger partial charge >= 0.3 is 0 Å². The molecule has 6 rings (SSSR count). The Bertz CT molecular complexity index is 1470. The van der Waals surface area contributed by atoms with Gasteiger partial charge in [-0.3, -0.25) is 13.9 Å². The zero-order valence-corrected chi connectivity index (χ0v) is 23.9. The topological polar surface area (TPSA) is 127 Å². The van der Waals surface area contributed by atoms with E-state index in [1.807, 2.05) is 31.2 Å². The second-order valence-corrected chi connectivity index (χ2v) is 13.9. The number of nitrogens with zero attached hydrogens (tertiary/aromatic N) is 5. The Kier molecular flexibility index (Phi) is 7.26. The van der Waals surface area contributed by atoms with Crippen LogP contribution >= 0.6 is 10.6 Å². The van der Waals surface area contributed by atoms with Gasteiger partial charge in [0.25, 0.3) is 0 Å². The van der Waals surface area contributed by atoms with E-state index in [0.29, 0.717) is 43.3 Å². The summed E-state index contributed by atoms with van der Waals surface area (Å²) in [4.78, 5) is 20.0. The van der Waals surface area contributed by atoms with E-state index >= 15 is 0 Å². The molecule has 3 N–H and O–H groups in total. The number of hydrogen-bond donors (Lipinski definition) is 3. The van der Waals surface area contributed by atoms with Gasteiger partial charge in [-0.2, -0.15) is 21.0 Å². The van der Waals surface area contributed by atoms with Crippen LogP contribution in [0.2, 0.25) is 0 Å². The van der Waals surface area contributed by atoms with Crippen LogP contribution in [0.25, 0.3) is 16.9 Å². The molecule has 3 aromatic rings. The monoisotopic (exact) mass is 578 g/mol. The quantitative estimate of drug-likeness (QED) is 0.357. The van der Waals surface area contributed by atoms with E-state index in [0.717, 1.165) is 53.9 Å². The lowest BCUT2D eigenvalue weighted by molar-refractivity contribution is -0.127. The van der Waals surface area contributed by atoms with Crippen molar-refractivity contribution in [2.24, 2.45) is 5.92 Å². The predicted molar refractivity (Wildman–Crippen MR) is 157 cm³/mol. The minimum Gasteiger partial charge on any atom is -0.368 e. The fraction of sp³-hybridized carbons (Fsp3) is 0.467. The minimum absolute atomic E-state index is 0.0850. The smallest absolute Gasteiger partial charge is 0.225 e. The van der Waals surface area contributed by atoms with Crippen LogP contribution in [-0.2, 0) is 4.79 Å². The maximum atomic E-state index is 13.7. The summed E-state index contributed by atoms with van der Waals surface area (Å²) >= 11 is 0. The first-order valence-electron chi connectivity index (χ1n) is 14.2. The summed E-state index contributed by atoms with van der Waals surface area (Å²) < 4.78 is 35.4. The first kappa shape index (κ1) is 27.7. The van der Waals surface area contributed by atoms with Gasteiger partial charge in [0, 0.05) is 36.2 Å². The molecule has 0 bridgehead atoms. The van der Waals surface area contributed by atoms with Gasteiger partial charge in [0.05, 0.1) is 35.2 Å². The average molecular weight is 579 g/mol. The molecule has 1 aromatic carbocycles. The summed E-state index contributed by atoms with van der Waals surface area (Å²) in [6.45, 7) is 3.14. The normalized spacial score (nSPS) is 23.8. The molecule has 1 aliphatic heterocycles. The number of pyridine rings is 1. The Morgan fingerprint density at radius 1 is 1.12 bits per heavy atom. The number of halogens is 1. The van der Waals surface area contributed by atoms with Crippen molar-refractivity contribution in [3.05, 3.63) is 59.8 Å². The second-order valence-electron chi connectivity index (χ2n) is 11.5. The maximum absolute atomic E-state index is 13.7. The molecular weight excluding hydrogens is 543 g/mol. The van der Waals surface area contributed by atoms with Gasteiger partial charge in [-0.1, -0.05) is 25.0 Å². The third-order valence-corrected chi connectivity index (χ3v) is 10.4. The van der Waals surface area contributed by atoms with Crippen molar-refractivity contribution >= 4 is 22.2 Å². The molecule has 0 radical (unpaired) electrons. The number of nitrogens with one attached hydrogen (secondary N) is 1. The summed E-state index contributed by atoms with van der Waals surface area (Å²) in [5, 5.41) is 17.6. The van der Waals surface area contributed by atoms with Crippen LogP contribution in [0.5, 0.6) is 0 Å². The van der Waals surface area contributed by atoms with Gasteiger partial charge in [-0.05, 0) is 62.4 Å². The molecule has 2 atom stereocenters. The van der Waals surface area contributed by atoms with Crippen LogP contribution in [0.3, 0.4) is 0 Å². The van der Waals surface area contributed by atoms with E-state index < -0.39 is 21.9 Å². The van der Waals surface area contributed by atoms with Crippen LogP contribution in [0.15, 0.2) is 42.6 Å². The van der Waals surface area contributed by atoms with Crippen LogP contribution in [0.1, 0.15) is 55.8 Å². The van der Waals surface area contributed by atoms with E-state index in [4.69, 9.17) is 5.10 Å². The van der Waals surface area contributed by atoms with E-state index in [-0.39, 0.29) is 17.7 Å². The Balaban J connectivity index is 1.38. The number of carbonyl (C=O) groups is 1. The number of carbonyl (C=O) groups excluding carboxylic acids is 1. The maximum Gasteiger partial charge on any atom is 0.225 e. The number of anilines is 1. The van der Waals surface area contributed by atoms with Gasteiger partial charge in [-0.25, -0.2) is 14.1 Å². The Morgan fingerprint density at radius 3 is 2.46 bits per heavy atom. The SMILES string of the molecule is Cc1c(-c2ccc(N3CCS(O)(O)CC3)cc2)c([C@@H]2CCCC[C@H]2C(=O)NC2(C#N)CC2)nn1-c1ccc(F)cn1. The van der Waals surface area contributed by atoms with Crippen LogP contribution in [0.4, 0.5) is 10.1 Å². The molecule has 11 heteroatoms. The largest absolute Gasteiger partial charge is 0.368 e. The lowest BCUT2D eigenvalue weighted by Gasteiger charge is -2.41. The summed E-state index contributed by atoms with van der Waals surface area (Å²) in [6, 6.07) is 13.4. The van der Waals surface area contributed by atoms with Crippen molar-refractivity contribution in [3.63, 3.8) is 0 Å². The van der Waals surface area contributed by atoms with Crippen molar-refractivity contribution < 1.29 is 18.3 Å². The average Bonchev–Trinajstić information content (AvgIpc) is 3.67. The lowest BCUT2D eigenvalue weighted by Crippen LogP contribution is -2.42. The standard InChI is InChI=1S/C30H35FN6O3S/c1-20-27(21-6-9-23(10-7-21)36-14-16-41(39,40)17-15-36)28(35-37(20)26-11-8-22(31)18-33-26)24-4-2-3-5-25(24)29(38)34-30(19-32)12-13-30/h6-11,18,24-25,39-40H,2-5,12-17H2,1H3,(H,34,38)/t24-,25-/m1/s1. The number of amides is 1. The fourth-order valence-corrected chi connectivity index (χ4v) is 7.40. The van der Waals surface area contributed by atoms with Crippen molar-refractivity contribution in [3.8, 4) is 23.0 Å². The lowest BCUT2D eigenvalue weighted by atomic mass is 9.75. The second kappa shape index (κ2) is 10.7. The molecule has 3 heterocycles. The summed E-state index contributed by atoms with van der Waals surface area (Å²) in [5.41, 5.74) is 3.83. The molecule has 2 aliphatic carbocycles. The molecule has 3 fully saturated rings. The van der Waals surface area contributed by atoms with Gasteiger partial charge in [-0.15, -0.1) is 0 Å². The van der Waals surface area contributed by atoms with Crippen molar-refractivity contribution in [2.45, 2.75) is 56.9 Å². The highest BCUT2D eigenvalue weighted by Gasteiger charge is 2.47. The third-order valence-electron chi connectivity index (χ3n) is 8.75. The molecule has 1 saturated heterocycles. The van der Waals surface area contributed by atoms with E-state index in [9.17, 15) is 23.6 Å². The molecule has 0 spiro atoms. The molecule has 0 unspecified atom stereocenters. The molecular formula is C30H35FN6O3S. The van der Waals surface area contributed by atoms with Gasteiger partial charge in [0.15, 0.2) is 5.82 Å². The predicted octanol–water partition coefficient (Wildman–Crippen LogP) is 5.40. The van der Waals surface area contributed by atoms with E-state index in [1.165, 1.54) is 12.3 Å². The Hall–Kier alpha value is -3.46. The van der Waals surface area contributed by atoms with Gasteiger partial charge in [0.2, 0.25) is 5.91 Å². The number of nitriles is 1. The zero-order chi connectivity index (χ0) is 28.8. The highest BCUT2D eigenvalue weighted by atomic mass is 32.3. The molecule has 9 nitrogen and oxygen atoms in total.